The number of para-hydroxylation sites is 1. The van der Waals surface area contributed by atoms with Crippen molar-refractivity contribution in [2.24, 2.45) is 0 Å². The Kier molecular flexibility index (Phi) is 5.29. The lowest BCUT2D eigenvalue weighted by Crippen LogP contribution is -2.57. The minimum atomic E-state index is -0.417. The van der Waals surface area contributed by atoms with Crippen molar-refractivity contribution in [3.8, 4) is 0 Å². The van der Waals surface area contributed by atoms with Crippen LogP contribution in [0.3, 0.4) is 0 Å². The molecule has 0 aliphatic carbocycles. The summed E-state index contributed by atoms with van der Waals surface area (Å²) in [5, 5.41) is 4.37. The largest absolute Gasteiger partial charge is 0.326 e. The fourth-order valence-corrected chi connectivity index (χ4v) is 4.92. The maximum atomic E-state index is 13.4. The number of benzene rings is 3. The maximum absolute atomic E-state index is 13.4. The number of halogens is 2. The van der Waals surface area contributed by atoms with Crippen molar-refractivity contribution >= 4 is 40.6 Å². The molecule has 30 heavy (non-hydrogen) atoms. The van der Waals surface area contributed by atoms with Gasteiger partial charge in [-0.25, -0.2) is 4.79 Å². The Hall–Kier alpha value is -2.49. The zero-order valence-corrected chi connectivity index (χ0v) is 18.8. The zero-order valence-electron chi connectivity index (χ0n) is 17.2. The van der Waals surface area contributed by atoms with Crippen molar-refractivity contribution in [2.45, 2.75) is 38.1 Å². The second-order valence-corrected chi connectivity index (χ2v) is 9.49. The van der Waals surface area contributed by atoms with Gasteiger partial charge in [-0.2, -0.15) is 0 Å². The highest BCUT2D eigenvalue weighted by molar-refractivity contribution is 6.30. The van der Waals surface area contributed by atoms with Crippen LogP contribution in [-0.4, -0.2) is 11.6 Å². The van der Waals surface area contributed by atoms with Crippen molar-refractivity contribution in [3.63, 3.8) is 0 Å². The first-order valence-electron chi connectivity index (χ1n) is 9.93. The molecule has 0 radical (unpaired) electrons. The molecular formula is C25H24Cl2N2O. The average Bonchev–Trinajstić information content (AvgIpc) is 2.69. The molecule has 0 fully saturated rings. The zero-order chi connectivity index (χ0) is 21.5. The first-order valence-corrected chi connectivity index (χ1v) is 10.7. The highest BCUT2D eigenvalue weighted by Crippen LogP contribution is 2.50. The number of urea groups is 1. The van der Waals surface area contributed by atoms with Crippen LogP contribution in [0.15, 0.2) is 72.8 Å². The van der Waals surface area contributed by atoms with E-state index in [9.17, 15) is 4.79 Å². The number of amides is 2. The Morgan fingerprint density at radius 3 is 2.07 bits per heavy atom. The van der Waals surface area contributed by atoms with Gasteiger partial charge in [0.2, 0.25) is 0 Å². The van der Waals surface area contributed by atoms with E-state index in [1.54, 1.807) is 24.3 Å². The van der Waals surface area contributed by atoms with E-state index < -0.39 is 5.54 Å². The summed E-state index contributed by atoms with van der Waals surface area (Å²) in [6, 6.07) is 23.1. The smallest absolute Gasteiger partial charge is 0.308 e. The third-order valence-electron chi connectivity index (χ3n) is 5.91. The molecule has 4 rings (SSSR count). The van der Waals surface area contributed by atoms with Crippen LogP contribution in [0.5, 0.6) is 0 Å². The third-order valence-corrected chi connectivity index (χ3v) is 6.41. The van der Waals surface area contributed by atoms with Crippen LogP contribution in [0.4, 0.5) is 16.2 Å². The summed E-state index contributed by atoms with van der Waals surface area (Å²) in [5.74, 6) is 0. The van der Waals surface area contributed by atoms with Crippen LogP contribution < -0.4 is 10.2 Å². The van der Waals surface area contributed by atoms with Crippen LogP contribution in [0.25, 0.3) is 0 Å². The lowest BCUT2D eigenvalue weighted by atomic mass is 9.65. The molecular weight excluding hydrogens is 415 g/mol. The molecule has 0 aromatic heterocycles. The third kappa shape index (κ3) is 3.68. The van der Waals surface area contributed by atoms with Gasteiger partial charge in [0.1, 0.15) is 0 Å². The predicted molar refractivity (Wildman–Crippen MR) is 126 cm³/mol. The topological polar surface area (TPSA) is 32.3 Å². The van der Waals surface area contributed by atoms with Crippen molar-refractivity contribution in [1.82, 2.24) is 0 Å². The lowest BCUT2D eigenvalue weighted by Gasteiger charge is -2.51. The summed E-state index contributed by atoms with van der Waals surface area (Å²) in [6.07, 6.45) is 0.771. The van der Waals surface area contributed by atoms with E-state index in [4.69, 9.17) is 23.2 Å². The lowest BCUT2D eigenvalue weighted by molar-refractivity contribution is 0.243. The number of carbonyl (C=O) groups is 1. The van der Waals surface area contributed by atoms with Crippen LogP contribution in [0, 0.1) is 0 Å². The standard InChI is InChI=1S/C25H24Cl2N2O/c1-24(2)16-25(3,17-8-10-18(26)11-9-17)21-6-4-5-7-22(21)29(24)23(30)28-20-14-12-19(27)13-15-20/h4-15H,16H2,1-3H3,(H,28,30)/t25-/m0/s1. The van der Waals surface area contributed by atoms with Crippen LogP contribution in [0.2, 0.25) is 10.0 Å². The number of fused-ring (bicyclic) bond motifs is 1. The average molecular weight is 439 g/mol. The van der Waals surface area contributed by atoms with Crippen molar-refractivity contribution in [2.75, 3.05) is 10.2 Å². The number of nitrogens with one attached hydrogen (secondary N) is 1. The fraction of sp³-hybridized carbons (Fsp3) is 0.240. The fourth-order valence-electron chi connectivity index (χ4n) is 4.67. The summed E-state index contributed by atoms with van der Waals surface area (Å²) in [7, 11) is 0. The molecule has 0 saturated heterocycles. The molecule has 0 saturated carbocycles. The Morgan fingerprint density at radius 2 is 1.43 bits per heavy atom. The molecule has 1 aliphatic heterocycles. The highest BCUT2D eigenvalue weighted by atomic mass is 35.5. The van der Waals surface area contributed by atoms with Crippen LogP contribution in [-0.2, 0) is 5.41 Å². The number of carbonyl (C=O) groups excluding carboxylic acids is 1. The molecule has 3 nitrogen and oxygen atoms in total. The number of rotatable bonds is 2. The Balaban J connectivity index is 1.77. The second kappa shape index (κ2) is 7.64. The summed E-state index contributed by atoms with van der Waals surface area (Å²) in [4.78, 5) is 15.3. The van der Waals surface area contributed by atoms with Crippen molar-refractivity contribution in [1.29, 1.82) is 0 Å². The Morgan fingerprint density at radius 1 is 0.867 bits per heavy atom. The Labute approximate surface area is 187 Å². The minimum absolute atomic E-state index is 0.159. The monoisotopic (exact) mass is 438 g/mol. The molecule has 1 heterocycles. The van der Waals surface area contributed by atoms with E-state index in [0.29, 0.717) is 10.7 Å². The molecule has 3 aromatic rings. The van der Waals surface area contributed by atoms with E-state index in [1.807, 2.05) is 35.2 Å². The SMILES string of the molecule is CC1(C)C[C@@](C)(c2ccc(Cl)cc2)c2ccccc2N1C(=O)Nc1ccc(Cl)cc1. The molecule has 3 aromatic carbocycles. The van der Waals surface area contributed by atoms with Gasteiger partial charge in [0.05, 0.1) is 5.69 Å². The van der Waals surface area contributed by atoms with E-state index in [0.717, 1.165) is 22.7 Å². The maximum Gasteiger partial charge on any atom is 0.326 e. The molecule has 1 aliphatic rings. The number of hydrogen-bond acceptors (Lipinski definition) is 1. The van der Waals surface area contributed by atoms with E-state index in [2.05, 4.69) is 44.3 Å². The first kappa shape index (κ1) is 20.8. The Bertz CT molecular complexity index is 1080. The number of hydrogen-bond donors (Lipinski definition) is 1. The van der Waals surface area contributed by atoms with Crippen LogP contribution >= 0.6 is 23.2 Å². The van der Waals surface area contributed by atoms with Gasteiger partial charge < -0.3 is 5.32 Å². The molecule has 0 unspecified atom stereocenters. The molecule has 1 atom stereocenters. The molecule has 0 bridgehead atoms. The highest BCUT2D eigenvalue weighted by Gasteiger charge is 2.47. The van der Waals surface area contributed by atoms with Crippen molar-refractivity contribution in [3.05, 3.63) is 94.0 Å². The van der Waals surface area contributed by atoms with E-state index in [1.165, 1.54) is 5.56 Å². The summed E-state index contributed by atoms with van der Waals surface area (Å²) in [5.41, 5.74) is 3.27. The molecule has 5 heteroatoms. The quantitative estimate of drug-likeness (QED) is 0.440. The summed E-state index contributed by atoms with van der Waals surface area (Å²) in [6.45, 7) is 6.46. The normalized spacial score (nSPS) is 19.8. The summed E-state index contributed by atoms with van der Waals surface area (Å²) >= 11 is 12.1. The van der Waals surface area contributed by atoms with Gasteiger partial charge in [-0.15, -0.1) is 0 Å². The second-order valence-electron chi connectivity index (χ2n) is 8.62. The predicted octanol–water partition coefficient (Wildman–Crippen LogP) is 7.52. The first-order chi connectivity index (χ1) is 14.2. The van der Waals surface area contributed by atoms with E-state index >= 15 is 0 Å². The van der Waals surface area contributed by atoms with Crippen molar-refractivity contribution < 1.29 is 4.79 Å². The molecule has 154 valence electrons. The van der Waals surface area contributed by atoms with Gasteiger partial charge in [-0.3, -0.25) is 4.90 Å². The number of anilines is 2. The number of nitrogens with zero attached hydrogens (tertiary/aromatic N) is 1. The van der Waals surface area contributed by atoms with Gasteiger partial charge in [-0.1, -0.05) is 60.5 Å². The molecule has 2 amide bonds. The van der Waals surface area contributed by atoms with Gasteiger partial charge in [-0.05, 0) is 73.9 Å². The minimum Gasteiger partial charge on any atom is -0.308 e. The van der Waals surface area contributed by atoms with Gasteiger partial charge in [0.15, 0.2) is 0 Å². The molecule has 1 N–H and O–H groups in total. The van der Waals surface area contributed by atoms with Crippen LogP contribution in [0.1, 0.15) is 38.3 Å². The van der Waals surface area contributed by atoms with Gasteiger partial charge in [0.25, 0.3) is 0 Å². The van der Waals surface area contributed by atoms with Gasteiger partial charge in [0, 0.05) is 26.7 Å². The molecule has 0 spiro atoms. The van der Waals surface area contributed by atoms with E-state index in [-0.39, 0.29) is 11.4 Å². The van der Waals surface area contributed by atoms with Gasteiger partial charge >= 0.3 is 6.03 Å². The summed E-state index contributed by atoms with van der Waals surface area (Å²) < 4.78 is 0.